The molecule has 0 aliphatic rings. The maximum Gasteiger partial charge on any atom is 0.274 e. The first-order chi connectivity index (χ1) is 15.3. The first-order valence-corrected chi connectivity index (χ1v) is 10.8. The molecule has 0 amide bonds. The second-order valence-electron chi connectivity index (χ2n) is 8.77. The summed E-state index contributed by atoms with van der Waals surface area (Å²) in [6.07, 6.45) is -0.740. The van der Waals surface area contributed by atoms with Crippen LogP contribution in [0, 0.1) is 13.8 Å². The van der Waals surface area contributed by atoms with E-state index in [0.29, 0.717) is 17.9 Å². The smallest absolute Gasteiger partial charge is 0.274 e. The highest BCUT2D eigenvalue weighted by Gasteiger charge is 2.22. The van der Waals surface area contributed by atoms with E-state index in [1.807, 2.05) is 42.7 Å². The molecule has 0 aliphatic carbocycles. The zero-order valence-electron chi connectivity index (χ0n) is 18.9. The van der Waals surface area contributed by atoms with E-state index >= 15 is 0 Å². The molecule has 1 N–H and O–H groups in total. The third-order valence-corrected chi connectivity index (χ3v) is 5.96. The number of aliphatic hydroxyl groups excluding tert-OH is 1. The summed E-state index contributed by atoms with van der Waals surface area (Å²) in [4.78, 5) is 12.2. The van der Waals surface area contributed by atoms with E-state index in [0.717, 1.165) is 11.4 Å². The summed E-state index contributed by atoms with van der Waals surface area (Å²) < 4.78 is 9.10. The quantitative estimate of drug-likeness (QED) is 0.482. The fraction of sp³-hybridized carbons (Fsp3) is 0.308. The van der Waals surface area contributed by atoms with Gasteiger partial charge >= 0.3 is 0 Å². The normalized spacial score (nSPS) is 12.8. The zero-order chi connectivity index (χ0) is 22.9. The van der Waals surface area contributed by atoms with Gasteiger partial charge in [0, 0.05) is 23.2 Å². The summed E-state index contributed by atoms with van der Waals surface area (Å²) >= 11 is 0. The standard InChI is InChI=1S/C26H29N3O3/c1-18-14-24-28(19(2)15-25(31)29(24)27-18)16-22(30)17-32-23-12-10-21(11-13-23)26(3,4)20-8-6-5-7-9-20/h5-15,22,30H,16-17H2,1-4H3. The van der Waals surface area contributed by atoms with Crippen molar-refractivity contribution in [2.24, 2.45) is 0 Å². The van der Waals surface area contributed by atoms with E-state index in [9.17, 15) is 9.90 Å². The lowest BCUT2D eigenvalue weighted by Gasteiger charge is -2.26. The number of hydrogen-bond donors (Lipinski definition) is 1. The highest BCUT2D eigenvalue weighted by molar-refractivity contribution is 5.42. The van der Waals surface area contributed by atoms with Gasteiger partial charge in [-0.05, 0) is 37.1 Å². The van der Waals surface area contributed by atoms with Crippen LogP contribution in [-0.2, 0) is 12.0 Å². The minimum absolute atomic E-state index is 0.115. The Morgan fingerprint density at radius 3 is 2.34 bits per heavy atom. The Bertz CT molecular complexity index is 1270. The number of aromatic nitrogens is 3. The Hall–Kier alpha value is -3.38. The van der Waals surface area contributed by atoms with Crippen LogP contribution in [0.25, 0.3) is 5.65 Å². The Morgan fingerprint density at radius 1 is 1.00 bits per heavy atom. The molecule has 1 unspecified atom stereocenters. The zero-order valence-corrected chi connectivity index (χ0v) is 18.9. The van der Waals surface area contributed by atoms with E-state index in [-0.39, 0.29) is 17.6 Å². The maximum absolute atomic E-state index is 12.2. The molecule has 2 heterocycles. The summed E-state index contributed by atoms with van der Waals surface area (Å²) in [7, 11) is 0. The van der Waals surface area contributed by atoms with Crippen LogP contribution < -0.4 is 10.3 Å². The molecule has 4 rings (SSSR count). The van der Waals surface area contributed by atoms with Gasteiger partial charge < -0.3 is 14.4 Å². The third kappa shape index (κ3) is 4.32. The van der Waals surface area contributed by atoms with Crippen molar-refractivity contribution < 1.29 is 9.84 Å². The molecule has 166 valence electrons. The third-order valence-electron chi connectivity index (χ3n) is 5.96. The lowest BCUT2D eigenvalue weighted by atomic mass is 9.78. The van der Waals surface area contributed by atoms with E-state index in [4.69, 9.17) is 4.74 Å². The van der Waals surface area contributed by atoms with E-state index < -0.39 is 6.10 Å². The molecule has 0 radical (unpaired) electrons. The number of fused-ring (bicyclic) bond motifs is 1. The Kier molecular flexibility index (Phi) is 5.89. The number of ether oxygens (including phenoxy) is 1. The summed E-state index contributed by atoms with van der Waals surface area (Å²) in [5.74, 6) is 0.707. The van der Waals surface area contributed by atoms with Gasteiger partial charge in [0.1, 0.15) is 24.1 Å². The molecule has 0 fully saturated rings. The van der Waals surface area contributed by atoms with Crippen molar-refractivity contribution in [3.05, 3.63) is 99.6 Å². The molecular formula is C26H29N3O3. The number of benzene rings is 2. The second kappa shape index (κ2) is 8.63. The van der Waals surface area contributed by atoms with Gasteiger partial charge in [-0.2, -0.15) is 9.61 Å². The van der Waals surface area contributed by atoms with Crippen LogP contribution >= 0.6 is 0 Å². The molecular weight excluding hydrogens is 402 g/mol. The fourth-order valence-electron chi connectivity index (χ4n) is 4.02. The van der Waals surface area contributed by atoms with Crippen LogP contribution in [0.1, 0.15) is 36.4 Å². The monoisotopic (exact) mass is 431 g/mol. The highest BCUT2D eigenvalue weighted by atomic mass is 16.5. The molecule has 0 bridgehead atoms. The number of rotatable bonds is 7. The summed E-state index contributed by atoms with van der Waals surface area (Å²) in [5, 5.41) is 14.8. The lowest BCUT2D eigenvalue weighted by molar-refractivity contribution is 0.0926. The van der Waals surface area contributed by atoms with Crippen molar-refractivity contribution in [3.8, 4) is 5.75 Å². The number of aryl methyl sites for hydroxylation is 2. The average Bonchev–Trinajstić information content (AvgIpc) is 3.18. The van der Waals surface area contributed by atoms with Gasteiger partial charge in [-0.3, -0.25) is 4.79 Å². The predicted molar refractivity (Wildman–Crippen MR) is 125 cm³/mol. The minimum Gasteiger partial charge on any atom is -0.491 e. The summed E-state index contributed by atoms with van der Waals surface area (Å²) in [6, 6.07) is 21.8. The molecule has 2 aromatic heterocycles. The van der Waals surface area contributed by atoms with Crippen LogP contribution in [0.5, 0.6) is 5.75 Å². The fourth-order valence-corrected chi connectivity index (χ4v) is 4.02. The van der Waals surface area contributed by atoms with Gasteiger partial charge in [0.15, 0.2) is 0 Å². The van der Waals surface area contributed by atoms with Crippen LogP contribution in [0.2, 0.25) is 0 Å². The van der Waals surface area contributed by atoms with E-state index in [2.05, 4.69) is 55.3 Å². The molecule has 2 aromatic carbocycles. The van der Waals surface area contributed by atoms with Crippen LogP contribution in [0.15, 0.2) is 71.5 Å². The van der Waals surface area contributed by atoms with Gasteiger partial charge in [0.2, 0.25) is 0 Å². The number of nitrogens with zero attached hydrogens (tertiary/aromatic N) is 3. The van der Waals surface area contributed by atoms with Gasteiger partial charge in [0.25, 0.3) is 5.56 Å². The van der Waals surface area contributed by atoms with Crippen molar-refractivity contribution >= 4 is 5.65 Å². The van der Waals surface area contributed by atoms with Crippen molar-refractivity contribution in [1.29, 1.82) is 0 Å². The maximum atomic E-state index is 12.2. The van der Waals surface area contributed by atoms with Crippen molar-refractivity contribution in [2.75, 3.05) is 6.61 Å². The molecule has 1 atom stereocenters. The molecule has 0 aliphatic heterocycles. The number of aliphatic hydroxyl groups is 1. The van der Waals surface area contributed by atoms with Crippen LogP contribution in [0.4, 0.5) is 0 Å². The average molecular weight is 432 g/mol. The largest absolute Gasteiger partial charge is 0.491 e. The summed E-state index contributed by atoms with van der Waals surface area (Å²) in [5.41, 5.74) is 4.35. The first-order valence-electron chi connectivity index (χ1n) is 10.8. The molecule has 0 saturated carbocycles. The van der Waals surface area contributed by atoms with Crippen LogP contribution in [-0.4, -0.2) is 32.0 Å². The molecule has 6 heteroatoms. The Balaban J connectivity index is 1.44. The highest BCUT2D eigenvalue weighted by Crippen LogP contribution is 2.32. The molecule has 6 nitrogen and oxygen atoms in total. The Labute approximate surface area is 187 Å². The molecule has 32 heavy (non-hydrogen) atoms. The minimum atomic E-state index is -0.740. The van der Waals surface area contributed by atoms with Gasteiger partial charge in [-0.25, -0.2) is 0 Å². The summed E-state index contributed by atoms with van der Waals surface area (Å²) in [6.45, 7) is 8.55. The Morgan fingerprint density at radius 2 is 1.66 bits per heavy atom. The van der Waals surface area contributed by atoms with Crippen molar-refractivity contribution in [1.82, 2.24) is 14.2 Å². The topological polar surface area (TPSA) is 68.8 Å². The lowest BCUT2D eigenvalue weighted by Crippen LogP contribution is -2.27. The molecule has 0 spiro atoms. The van der Waals surface area contributed by atoms with E-state index in [1.165, 1.54) is 21.7 Å². The first kappa shape index (κ1) is 21.8. The predicted octanol–water partition coefficient (Wildman–Crippen LogP) is 3.88. The molecule has 4 aromatic rings. The van der Waals surface area contributed by atoms with Gasteiger partial charge in [0.05, 0.1) is 12.2 Å². The van der Waals surface area contributed by atoms with Gasteiger partial charge in [-0.1, -0.05) is 56.3 Å². The van der Waals surface area contributed by atoms with Crippen LogP contribution in [0.3, 0.4) is 0 Å². The van der Waals surface area contributed by atoms with Crippen molar-refractivity contribution in [3.63, 3.8) is 0 Å². The number of hydrogen-bond acceptors (Lipinski definition) is 4. The van der Waals surface area contributed by atoms with E-state index in [1.54, 1.807) is 0 Å². The second-order valence-corrected chi connectivity index (χ2v) is 8.77. The molecule has 0 saturated heterocycles. The van der Waals surface area contributed by atoms with Gasteiger partial charge in [-0.15, -0.1) is 0 Å². The SMILES string of the molecule is Cc1cc2n(CC(O)COc3ccc(C(C)(C)c4ccccc4)cc3)c(C)cc(=O)n2n1. The van der Waals surface area contributed by atoms with Crippen molar-refractivity contribution in [2.45, 2.75) is 45.8 Å².